The summed E-state index contributed by atoms with van der Waals surface area (Å²) in [6.07, 6.45) is 1.85. The molecule has 96 valence electrons. The van der Waals surface area contributed by atoms with Crippen molar-refractivity contribution in [3.63, 3.8) is 0 Å². The Morgan fingerprint density at radius 1 is 1.32 bits per heavy atom. The van der Waals surface area contributed by atoms with Gasteiger partial charge in [-0.3, -0.25) is 0 Å². The average Bonchev–Trinajstić information content (AvgIpc) is 2.42. The minimum absolute atomic E-state index is 0.247. The van der Waals surface area contributed by atoms with Crippen molar-refractivity contribution in [3.8, 4) is 23.1 Å². The molecular formula is C14H10Cl2N2O. The predicted octanol–water partition coefficient (Wildman–Crippen LogP) is 4.13. The quantitative estimate of drug-likeness (QED) is 0.854. The molecule has 0 radical (unpaired) electrons. The lowest BCUT2D eigenvalue weighted by Crippen LogP contribution is -1.97. The molecule has 0 aliphatic rings. The highest BCUT2D eigenvalue weighted by Gasteiger charge is 2.15. The zero-order valence-electron chi connectivity index (χ0n) is 10.2. The lowest BCUT2D eigenvalue weighted by Gasteiger charge is -2.13. The summed E-state index contributed by atoms with van der Waals surface area (Å²) in [5.41, 5.74) is 2.22. The van der Waals surface area contributed by atoms with Crippen LogP contribution in [0.2, 0.25) is 10.0 Å². The highest BCUT2D eigenvalue weighted by molar-refractivity contribution is 6.35. The van der Waals surface area contributed by atoms with Crippen LogP contribution in [0.25, 0.3) is 11.1 Å². The SMILES string of the molecule is COc1nccc(CC#N)c1-c1cc(Cl)ccc1Cl. The monoisotopic (exact) mass is 292 g/mol. The third-order valence-electron chi connectivity index (χ3n) is 2.66. The number of methoxy groups -OCH3 is 1. The fraction of sp³-hybridized carbons (Fsp3) is 0.143. The van der Waals surface area contributed by atoms with Crippen LogP contribution in [0.3, 0.4) is 0 Å². The van der Waals surface area contributed by atoms with E-state index in [-0.39, 0.29) is 6.42 Å². The Morgan fingerprint density at radius 3 is 2.79 bits per heavy atom. The molecule has 1 heterocycles. The zero-order chi connectivity index (χ0) is 13.8. The number of halogens is 2. The van der Waals surface area contributed by atoms with Crippen LogP contribution >= 0.6 is 23.2 Å². The fourth-order valence-electron chi connectivity index (χ4n) is 1.84. The molecule has 0 saturated carbocycles. The van der Waals surface area contributed by atoms with Gasteiger partial charge < -0.3 is 4.74 Å². The van der Waals surface area contributed by atoms with Crippen LogP contribution in [-0.4, -0.2) is 12.1 Å². The number of aromatic nitrogens is 1. The summed E-state index contributed by atoms with van der Waals surface area (Å²) in [6.45, 7) is 0. The third-order valence-corrected chi connectivity index (χ3v) is 3.23. The van der Waals surface area contributed by atoms with E-state index in [1.54, 1.807) is 30.5 Å². The second kappa shape index (κ2) is 5.92. The Hall–Kier alpha value is -1.76. The number of benzene rings is 1. The highest BCUT2D eigenvalue weighted by atomic mass is 35.5. The van der Waals surface area contributed by atoms with E-state index in [1.807, 2.05) is 0 Å². The lowest BCUT2D eigenvalue weighted by molar-refractivity contribution is 0.399. The molecule has 0 saturated heterocycles. The van der Waals surface area contributed by atoms with Crippen molar-refractivity contribution in [1.29, 1.82) is 5.26 Å². The van der Waals surface area contributed by atoms with Crippen LogP contribution in [0.1, 0.15) is 5.56 Å². The van der Waals surface area contributed by atoms with Gasteiger partial charge in [0.2, 0.25) is 5.88 Å². The van der Waals surface area contributed by atoms with Crippen molar-refractivity contribution >= 4 is 23.2 Å². The molecule has 0 aliphatic heterocycles. The Bertz CT molecular complexity index is 650. The first kappa shape index (κ1) is 13.7. The number of hydrogen-bond donors (Lipinski definition) is 0. The molecule has 0 bridgehead atoms. The number of hydrogen-bond acceptors (Lipinski definition) is 3. The minimum Gasteiger partial charge on any atom is -0.481 e. The van der Waals surface area contributed by atoms with E-state index >= 15 is 0 Å². The van der Waals surface area contributed by atoms with Crippen LogP contribution in [-0.2, 0) is 6.42 Å². The lowest BCUT2D eigenvalue weighted by atomic mass is 9.99. The minimum atomic E-state index is 0.247. The molecule has 0 N–H and O–H groups in total. The summed E-state index contributed by atoms with van der Waals surface area (Å²) >= 11 is 12.2. The first-order valence-electron chi connectivity index (χ1n) is 5.51. The van der Waals surface area contributed by atoms with Gasteiger partial charge in [-0.25, -0.2) is 4.98 Å². The van der Waals surface area contributed by atoms with Crippen LogP contribution in [0, 0.1) is 11.3 Å². The molecule has 5 heteroatoms. The van der Waals surface area contributed by atoms with Gasteiger partial charge in [0.05, 0.1) is 19.6 Å². The average molecular weight is 293 g/mol. The maximum absolute atomic E-state index is 8.91. The van der Waals surface area contributed by atoms with E-state index in [1.165, 1.54) is 7.11 Å². The van der Waals surface area contributed by atoms with Crippen LogP contribution in [0.4, 0.5) is 0 Å². The van der Waals surface area contributed by atoms with Gasteiger partial charge in [-0.05, 0) is 29.8 Å². The maximum Gasteiger partial charge on any atom is 0.221 e. The second-order valence-corrected chi connectivity index (χ2v) is 4.66. The van der Waals surface area contributed by atoms with E-state index < -0.39 is 0 Å². The summed E-state index contributed by atoms with van der Waals surface area (Å²) < 4.78 is 5.26. The third kappa shape index (κ3) is 2.81. The van der Waals surface area contributed by atoms with Crippen molar-refractivity contribution in [1.82, 2.24) is 4.98 Å². The van der Waals surface area contributed by atoms with Crippen LogP contribution in [0.5, 0.6) is 5.88 Å². The summed E-state index contributed by atoms with van der Waals surface area (Å²) in [6, 6.07) is 9.06. The van der Waals surface area contributed by atoms with Crippen molar-refractivity contribution < 1.29 is 4.74 Å². The highest BCUT2D eigenvalue weighted by Crippen LogP contribution is 2.37. The second-order valence-electron chi connectivity index (χ2n) is 3.81. The van der Waals surface area contributed by atoms with E-state index in [4.69, 9.17) is 33.2 Å². The normalized spacial score (nSPS) is 10.0. The molecule has 0 atom stereocenters. The van der Waals surface area contributed by atoms with Gasteiger partial charge in [-0.1, -0.05) is 23.2 Å². The maximum atomic E-state index is 8.91. The molecule has 0 amide bonds. The van der Waals surface area contributed by atoms with Gasteiger partial charge >= 0.3 is 0 Å². The van der Waals surface area contributed by atoms with Gasteiger partial charge in [0.1, 0.15) is 0 Å². The Balaban J connectivity index is 2.72. The van der Waals surface area contributed by atoms with Crippen LogP contribution in [0.15, 0.2) is 30.5 Å². The van der Waals surface area contributed by atoms with Gasteiger partial charge in [0, 0.05) is 27.4 Å². The van der Waals surface area contributed by atoms with Gasteiger partial charge in [0.15, 0.2) is 0 Å². The predicted molar refractivity (Wildman–Crippen MR) is 75.6 cm³/mol. The summed E-state index contributed by atoms with van der Waals surface area (Å²) in [7, 11) is 1.53. The zero-order valence-corrected chi connectivity index (χ0v) is 11.7. The Kier molecular flexibility index (Phi) is 4.26. The van der Waals surface area contributed by atoms with Crippen molar-refractivity contribution in [2.45, 2.75) is 6.42 Å². The van der Waals surface area contributed by atoms with Gasteiger partial charge in [-0.15, -0.1) is 0 Å². The molecule has 2 aromatic rings. The van der Waals surface area contributed by atoms with E-state index in [2.05, 4.69) is 11.1 Å². The number of nitriles is 1. The van der Waals surface area contributed by atoms with Gasteiger partial charge in [-0.2, -0.15) is 5.26 Å². The summed E-state index contributed by atoms with van der Waals surface area (Å²) in [5.74, 6) is 0.428. The summed E-state index contributed by atoms with van der Waals surface area (Å²) in [5, 5.41) is 10.0. The summed E-state index contributed by atoms with van der Waals surface area (Å²) in [4.78, 5) is 4.15. The Labute approximate surface area is 121 Å². The Morgan fingerprint density at radius 2 is 2.11 bits per heavy atom. The molecule has 3 nitrogen and oxygen atoms in total. The first-order chi connectivity index (χ1) is 9.17. The largest absolute Gasteiger partial charge is 0.481 e. The molecule has 1 aromatic heterocycles. The number of nitrogens with zero attached hydrogens (tertiary/aromatic N) is 2. The molecule has 1 aromatic carbocycles. The van der Waals surface area contributed by atoms with E-state index in [0.29, 0.717) is 27.1 Å². The number of rotatable bonds is 3. The molecule has 2 rings (SSSR count). The van der Waals surface area contributed by atoms with Gasteiger partial charge in [0.25, 0.3) is 0 Å². The van der Waals surface area contributed by atoms with Crippen molar-refractivity contribution in [2.75, 3.05) is 7.11 Å². The number of ether oxygens (including phenoxy) is 1. The first-order valence-corrected chi connectivity index (χ1v) is 6.27. The molecule has 0 spiro atoms. The topological polar surface area (TPSA) is 45.9 Å². The molecular weight excluding hydrogens is 283 g/mol. The number of pyridine rings is 1. The van der Waals surface area contributed by atoms with Crippen molar-refractivity contribution in [3.05, 3.63) is 46.1 Å². The molecule has 0 fully saturated rings. The van der Waals surface area contributed by atoms with E-state index in [0.717, 1.165) is 5.56 Å². The standard InChI is InChI=1S/C14H10Cl2N2O/c1-19-14-13(9(4-6-17)5-7-18-14)11-8-10(15)2-3-12(11)16/h2-3,5,7-8H,4H2,1H3. The molecule has 0 aliphatic carbocycles. The molecule has 19 heavy (non-hydrogen) atoms. The fourth-order valence-corrected chi connectivity index (χ4v) is 2.23. The van der Waals surface area contributed by atoms with Crippen molar-refractivity contribution in [2.24, 2.45) is 0 Å². The smallest absolute Gasteiger partial charge is 0.221 e. The van der Waals surface area contributed by atoms with Crippen LogP contribution < -0.4 is 4.74 Å². The molecule has 0 unspecified atom stereocenters. The van der Waals surface area contributed by atoms with E-state index in [9.17, 15) is 0 Å².